The van der Waals surface area contributed by atoms with E-state index in [0.29, 0.717) is 5.56 Å². The minimum absolute atomic E-state index is 0.489. The Hall–Kier alpha value is -1.55. The lowest BCUT2D eigenvalue weighted by molar-refractivity contribution is 0.0503. The van der Waals surface area contributed by atoms with Gasteiger partial charge in [0.25, 0.3) is 0 Å². The fourth-order valence-corrected chi connectivity index (χ4v) is 2.03. The Bertz CT molecular complexity index is 356. The number of carbonyl (C=O) groups excluding carboxylic acids is 1. The largest absolute Gasteiger partial charge is 0.372 e. The van der Waals surface area contributed by atoms with Crippen molar-refractivity contribution < 1.29 is 9.63 Å². The lowest BCUT2D eigenvalue weighted by Crippen LogP contribution is -2.29. The summed E-state index contributed by atoms with van der Waals surface area (Å²) in [5, 5.41) is 0. The topological polar surface area (TPSA) is 55.6 Å². The lowest BCUT2D eigenvalue weighted by atomic mass is 10.1. The molecule has 0 spiro atoms. The average Bonchev–Trinajstić information content (AvgIpc) is 2.39. The molecular weight excluding hydrogens is 204 g/mol. The molecule has 0 unspecified atom stereocenters. The molecule has 2 rings (SSSR count). The first-order valence-corrected chi connectivity index (χ1v) is 5.57. The van der Waals surface area contributed by atoms with Crippen LogP contribution in [0.1, 0.15) is 29.6 Å². The van der Waals surface area contributed by atoms with Crippen LogP contribution in [0.3, 0.4) is 0 Å². The smallest absolute Gasteiger partial charge is 0.356 e. The van der Waals surface area contributed by atoms with Crippen molar-refractivity contribution in [2.45, 2.75) is 19.3 Å². The molecule has 0 saturated carbocycles. The Morgan fingerprint density at radius 3 is 2.31 bits per heavy atom. The van der Waals surface area contributed by atoms with E-state index in [1.165, 1.54) is 19.3 Å². The maximum Gasteiger partial charge on any atom is 0.356 e. The number of benzene rings is 1. The first-order chi connectivity index (χ1) is 7.81. The summed E-state index contributed by atoms with van der Waals surface area (Å²) in [4.78, 5) is 17.6. The molecule has 0 radical (unpaired) electrons. The minimum atomic E-state index is -0.495. The molecule has 2 N–H and O–H groups in total. The number of piperidine rings is 1. The summed E-state index contributed by atoms with van der Waals surface area (Å²) in [6, 6.07) is 7.38. The lowest BCUT2D eigenvalue weighted by Gasteiger charge is -2.28. The predicted octanol–water partition coefficient (Wildman–Crippen LogP) is 1.71. The van der Waals surface area contributed by atoms with Crippen LogP contribution in [0.5, 0.6) is 0 Å². The van der Waals surface area contributed by atoms with Gasteiger partial charge in [0.05, 0.1) is 5.56 Å². The van der Waals surface area contributed by atoms with Gasteiger partial charge in [0.15, 0.2) is 0 Å². The molecule has 1 heterocycles. The zero-order chi connectivity index (χ0) is 11.4. The fourth-order valence-electron chi connectivity index (χ4n) is 2.03. The average molecular weight is 220 g/mol. The second kappa shape index (κ2) is 4.99. The first-order valence-electron chi connectivity index (χ1n) is 5.57. The van der Waals surface area contributed by atoms with E-state index >= 15 is 0 Å². The van der Waals surface area contributed by atoms with E-state index in [-0.39, 0.29) is 0 Å². The van der Waals surface area contributed by atoms with Gasteiger partial charge in [-0.3, -0.25) is 0 Å². The van der Waals surface area contributed by atoms with Crippen molar-refractivity contribution >= 4 is 11.7 Å². The molecule has 0 atom stereocenters. The van der Waals surface area contributed by atoms with Crippen molar-refractivity contribution in [3.63, 3.8) is 0 Å². The van der Waals surface area contributed by atoms with E-state index in [4.69, 9.17) is 5.90 Å². The molecule has 1 aromatic rings. The molecule has 0 amide bonds. The number of hydrogen-bond donors (Lipinski definition) is 1. The van der Waals surface area contributed by atoms with Crippen molar-refractivity contribution in [2.75, 3.05) is 18.0 Å². The summed E-state index contributed by atoms with van der Waals surface area (Å²) in [6.45, 7) is 2.20. The summed E-state index contributed by atoms with van der Waals surface area (Å²) in [7, 11) is 0. The quantitative estimate of drug-likeness (QED) is 0.771. The summed E-state index contributed by atoms with van der Waals surface area (Å²) in [5.41, 5.74) is 1.65. The van der Waals surface area contributed by atoms with Gasteiger partial charge >= 0.3 is 5.97 Å². The third-order valence-corrected chi connectivity index (χ3v) is 2.93. The van der Waals surface area contributed by atoms with E-state index in [0.717, 1.165) is 18.8 Å². The molecule has 1 aliphatic heterocycles. The third kappa shape index (κ3) is 2.33. The van der Waals surface area contributed by atoms with E-state index in [1.54, 1.807) is 12.1 Å². The highest BCUT2D eigenvalue weighted by Gasteiger charge is 2.11. The highest BCUT2D eigenvalue weighted by atomic mass is 16.7. The van der Waals surface area contributed by atoms with Crippen molar-refractivity contribution in [3.8, 4) is 0 Å². The van der Waals surface area contributed by atoms with E-state index in [1.807, 2.05) is 12.1 Å². The second-order valence-corrected chi connectivity index (χ2v) is 4.00. The van der Waals surface area contributed by atoms with Crippen LogP contribution in [-0.2, 0) is 4.84 Å². The van der Waals surface area contributed by atoms with Crippen LogP contribution >= 0.6 is 0 Å². The van der Waals surface area contributed by atoms with Crippen molar-refractivity contribution in [1.29, 1.82) is 0 Å². The molecule has 4 nitrogen and oxygen atoms in total. The van der Waals surface area contributed by atoms with Gasteiger partial charge in [0.1, 0.15) is 0 Å². The van der Waals surface area contributed by atoms with Gasteiger partial charge < -0.3 is 9.74 Å². The number of nitrogens with zero attached hydrogens (tertiary/aromatic N) is 1. The summed E-state index contributed by atoms with van der Waals surface area (Å²) < 4.78 is 0. The molecule has 4 heteroatoms. The number of hydrogen-bond acceptors (Lipinski definition) is 4. The van der Waals surface area contributed by atoms with Gasteiger partial charge in [0, 0.05) is 18.8 Å². The molecule has 0 bridgehead atoms. The van der Waals surface area contributed by atoms with Crippen molar-refractivity contribution in [1.82, 2.24) is 0 Å². The van der Waals surface area contributed by atoms with Crippen molar-refractivity contribution in [2.24, 2.45) is 5.90 Å². The molecule has 86 valence electrons. The number of carbonyl (C=O) groups is 1. The molecule has 0 aliphatic carbocycles. The van der Waals surface area contributed by atoms with Crippen molar-refractivity contribution in [3.05, 3.63) is 29.8 Å². The van der Waals surface area contributed by atoms with Gasteiger partial charge in [-0.25, -0.2) is 4.79 Å². The molecule has 0 aromatic heterocycles. The van der Waals surface area contributed by atoms with Gasteiger partial charge in [-0.05, 0) is 43.5 Å². The third-order valence-electron chi connectivity index (χ3n) is 2.93. The monoisotopic (exact) mass is 220 g/mol. The summed E-state index contributed by atoms with van der Waals surface area (Å²) in [5.74, 6) is 4.33. The molecule has 1 fully saturated rings. The van der Waals surface area contributed by atoms with Crippen LogP contribution in [0.4, 0.5) is 5.69 Å². The Morgan fingerprint density at radius 2 is 1.75 bits per heavy atom. The maximum absolute atomic E-state index is 11.1. The number of nitrogens with two attached hydrogens (primary N) is 1. The van der Waals surface area contributed by atoms with E-state index < -0.39 is 5.97 Å². The molecular formula is C12H16N2O2. The van der Waals surface area contributed by atoms with Gasteiger partial charge in [-0.15, -0.1) is 0 Å². The van der Waals surface area contributed by atoms with Gasteiger partial charge in [0.2, 0.25) is 0 Å². The Kier molecular flexibility index (Phi) is 3.41. The zero-order valence-corrected chi connectivity index (χ0v) is 9.19. The Morgan fingerprint density at radius 1 is 1.12 bits per heavy atom. The normalized spacial score (nSPS) is 15.9. The predicted molar refractivity (Wildman–Crippen MR) is 62.1 cm³/mol. The molecule has 1 aliphatic rings. The Labute approximate surface area is 94.9 Å². The standard InChI is InChI=1S/C12H16N2O2/c13-16-12(15)10-4-6-11(7-5-10)14-8-2-1-3-9-14/h4-7H,1-3,8-9,13H2. The van der Waals surface area contributed by atoms with Crippen LogP contribution in [0, 0.1) is 0 Å². The fraction of sp³-hybridized carbons (Fsp3) is 0.417. The van der Waals surface area contributed by atoms with Crippen LogP contribution in [-0.4, -0.2) is 19.1 Å². The summed E-state index contributed by atoms with van der Waals surface area (Å²) in [6.07, 6.45) is 3.80. The highest BCUT2D eigenvalue weighted by Crippen LogP contribution is 2.20. The van der Waals surface area contributed by atoms with Crippen LogP contribution in [0.15, 0.2) is 24.3 Å². The number of anilines is 1. The highest BCUT2D eigenvalue weighted by molar-refractivity contribution is 5.89. The SMILES string of the molecule is NOC(=O)c1ccc(N2CCCCC2)cc1. The van der Waals surface area contributed by atoms with Crippen LogP contribution in [0.25, 0.3) is 0 Å². The molecule has 16 heavy (non-hydrogen) atoms. The van der Waals surface area contributed by atoms with E-state index in [9.17, 15) is 4.79 Å². The Balaban J connectivity index is 2.09. The molecule has 1 saturated heterocycles. The van der Waals surface area contributed by atoms with Gasteiger partial charge in [-0.1, -0.05) is 0 Å². The van der Waals surface area contributed by atoms with E-state index in [2.05, 4.69) is 9.74 Å². The maximum atomic E-state index is 11.1. The zero-order valence-electron chi connectivity index (χ0n) is 9.19. The van der Waals surface area contributed by atoms with Gasteiger partial charge in [-0.2, -0.15) is 5.90 Å². The van der Waals surface area contributed by atoms with Crippen LogP contribution in [0.2, 0.25) is 0 Å². The molecule has 1 aromatic carbocycles. The number of rotatable bonds is 2. The van der Waals surface area contributed by atoms with Crippen LogP contribution < -0.4 is 10.8 Å². The minimum Gasteiger partial charge on any atom is -0.372 e. The first kappa shape index (κ1) is 11.0. The summed E-state index contributed by atoms with van der Waals surface area (Å²) >= 11 is 0. The second-order valence-electron chi connectivity index (χ2n) is 4.00.